The monoisotopic (exact) mass is 446 g/mol. The number of anilines is 3. The quantitative estimate of drug-likeness (QED) is 0.464. The number of aromatic nitrogens is 4. The van der Waals surface area contributed by atoms with Crippen molar-refractivity contribution in [2.45, 2.75) is 6.92 Å². The van der Waals surface area contributed by atoms with Gasteiger partial charge in [-0.1, -0.05) is 12.1 Å². The number of ether oxygens (including phenoxy) is 2. The van der Waals surface area contributed by atoms with Gasteiger partial charge in [0, 0.05) is 25.6 Å². The first-order valence-electron chi connectivity index (χ1n) is 10.0. The molecule has 2 N–H and O–H groups in total. The van der Waals surface area contributed by atoms with Gasteiger partial charge in [0.15, 0.2) is 5.65 Å². The number of amides is 1. The number of carbonyl (C=O) groups is 1. The second-order valence-corrected chi connectivity index (χ2v) is 7.18. The summed E-state index contributed by atoms with van der Waals surface area (Å²) < 4.78 is 12.0. The van der Waals surface area contributed by atoms with Crippen LogP contribution in [0, 0.1) is 0 Å². The van der Waals surface area contributed by atoms with Gasteiger partial charge >= 0.3 is 0 Å². The number of hydrogen-bond donors (Lipinski definition) is 2. The molecule has 2 aromatic carbocycles. The Morgan fingerprint density at radius 2 is 1.67 bits per heavy atom. The Labute approximate surface area is 189 Å². The lowest BCUT2D eigenvalue weighted by Gasteiger charge is -2.13. The summed E-state index contributed by atoms with van der Waals surface area (Å²) in [6.45, 7) is 1.43. The van der Waals surface area contributed by atoms with Crippen LogP contribution in [0.2, 0.25) is 0 Å². The zero-order valence-electron chi connectivity index (χ0n) is 18.5. The minimum atomic E-state index is -0.332. The first-order valence-corrected chi connectivity index (χ1v) is 10.0. The summed E-state index contributed by atoms with van der Waals surface area (Å²) in [4.78, 5) is 37.9. The summed E-state index contributed by atoms with van der Waals surface area (Å²) in [5.74, 6) is 1.15. The molecular formula is C23H22N6O4. The Morgan fingerprint density at radius 1 is 1.00 bits per heavy atom. The van der Waals surface area contributed by atoms with Gasteiger partial charge in [-0.05, 0) is 24.3 Å². The Hall–Kier alpha value is -4.47. The summed E-state index contributed by atoms with van der Waals surface area (Å²) in [6, 6.07) is 12.3. The van der Waals surface area contributed by atoms with Crippen LogP contribution in [0.4, 0.5) is 17.3 Å². The van der Waals surface area contributed by atoms with Crippen molar-refractivity contribution in [3.05, 3.63) is 59.0 Å². The van der Waals surface area contributed by atoms with Gasteiger partial charge in [0.05, 0.1) is 31.8 Å². The first kappa shape index (κ1) is 21.8. The molecule has 168 valence electrons. The third kappa shape index (κ3) is 4.45. The number of fused-ring (bicyclic) bond motifs is 1. The fraction of sp³-hybridized carbons (Fsp3) is 0.174. The number of rotatable bonds is 6. The first-order chi connectivity index (χ1) is 15.9. The molecule has 33 heavy (non-hydrogen) atoms. The van der Waals surface area contributed by atoms with Crippen molar-refractivity contribution in [1.29, 1.82) is 0 Å². The molecule has 0 unspecified atom stereocenters. The van der Waals surface area contributed by atoms with E-state index in [1.165, 1.54) is 31.9 Å². The van der Waals surface area contributed by atoms with E-state index in [0.29, 0.717) is 39.6 Å². The predicted octanol–water partition coefficient (Wildman–Crippen LogP) is 3.11. The fourth-order valence-electron chi connectivity index (χ4n) is 3.32. The highest BCUT2D eigenvalue weighted by Crippen LogP contribution is 2.28. The summed E-state index contributed by atoms with van der Waals surface area (Å²) in [5, 5.41) is 5.83. The smallest absolute Gasteiger partial charge is 0.278 e. The number of carbonyl (C=O) groups excluding carboxylic acids is 1. The largest absolute Gasteiger partial charge is 0.497 e. The molecule has 0 fully saturated rings. The van der Waals surface area contributed by atoms with Crippen LogP contribution in [-0.4, -0.2) is 39.6 Å². The number of methoxy groups -OCH3 is 2. The second kappa shape index (κ2) is 8.95. The van der Waals surface area contributed by atoms with E-state index in [0.717, 1.165) is 0 Å². The number of nitrogens with one attached hydrogen (secondary N) is 2. The van der Waals surface area contributed by atoms with Crippen molar-refractivity contribution >= 4 is 34.4 Å². The van der Waals surface area contributed by atoms with Crippen LogP contribution >= 0.6 is 0 Å². The highest BCUT2D eigenvalue weighted by Gasteiger charge is 2.15. The molecule has 0 aliphatic heterocycles. The number of para-hydroxylation sites is 2. The fourth-order valence-corrected chi connectivity index (χ4v) is 3.32. The normalized spacial score (nSPS) is 10.7. The Kier molecular flexibility index (Phi) is 5.90. The van der Waals surface area contributed by atoms with E-state index in [-0.39, 0.29) is 23.1 Å². The summed E-state index contributed by atoms with van der Waals surface area (Å²) in [7, 11) is 4.70. The van der Waals surface area contributed by atoms with Crippen LogP contribution in [0.3, 0.4) is 0 Å². The maximum atomic E-state index is 13.1. The van der Waals surface area contributed by atoms with Gasteiger partial charge < -0.3 is 20.1 Å². The van der Waals surface area contributed by atoms with Crippen molar-refractivity contribution in [3.63, 3.8) is 0 Å². The zero-order chi connectivity index (χ0) is 23.5. The molecule has 1 amide bonds. The SMILES string of the molecule is COc1cc(OC)cc(-c2nc3cnc(Nc4ccccc4NC(C)=O)nc3n(C)c2=O)c1. The molecule has 2 heterocycles. The van der Waals surface area contributed by atoms with Crippen molar-refractivity contribution in [3.8, 4) is 22.8 Å². The van der Waals surface area contributed by atoms with Crippen molar-refractivity contribution in [2.24, 2.45) is 7.05 Å². The van der Waals surface area contributed by atoms with Crippen LogP contribution in [-0.2, 0) is 11.8 Å². The highest BCUT2D eigenvalue weighted by atomic mass is 16.5. The summed E-state index contributed by atoms with van der Waals surface area (Å²) >= 11 is 0. The van der Waals surface area contributed by atoms with E-state index in [4.69, 9.17) is 9.47 Å². The molecule has 0 radical (unpaired) electrons. The van der Waals surface area contributed by atoms with Gasteiger partial charge in [-0.25, -0.2) is 9.97 Å². The average molecular weight is 446 g/mol. The van der Waals surface area contributed by atoms with Crippen molar-refractivity contribution in [2.75, 3.05) is 24.9 Å². The number of nitrogens with zero attached hydrogens (tertiary/aromatic N) is 4. The topological polar surface area (TPSA) is 120 Å². The Balaban J connectivity index is 1.77. The molecule has 2 aromatic heterocycles. The van der Waals surface area contributed by atoms with Crippen LogP contribution in [0.25, 0.3) is 22.4 Å². The van der Waals surface area contributed by atoms with Gasteiger partial charge in [-0.3, -0.25) is 14.2 Å². The maximum Gasteiger partial charge on any atom is 0.278 e. The van der Waals surface area contributed by atoms with E-state index < -0.39 is 0 Å². The van der Waals surface area contributed by atoms with Gasteiger partial charge in [-0.15, -0.1) is 0 Å². The van der Waals surface area contributed by atoms with Crippen molar-refractivity contribution in [1.82, 2.24) is 19.5 Å². The summed E-state index contributed by atoms with van der Waals surface area (Å²) in [5.41, 5.74) is 2.44. The molecular weight excluding hydrogens is 424 g/mol. The lowest BCUT2D eigenvalue weighted by atomic mass is 10.1. The molecule has 4 rings (SSSR count). The van der Waals surface area contributed by atoms with Crippen LogP contribution in [0.5, 0.6) is 11.5 Å². The number of hydrogen-bond acceptors (Lipinski definition) is 8. The molecule has 0 saturated heterocycles. The van der Waals surface area contributed by atoms with E-state index >= 15 is 0 Å². The van der Waals surface area contributed by atoms with Gasteiger partial charge in [0.2, 0.25) is 11.9 Å². The lowest BCUT2D eigenvalue weighted by molar-refractivity contribution is -0.114. The van der Waals surface area contributed by atoms with Gasteiger partial charge in [0.1, 0.15) is 22.7 Å². The number of aryl methyl sites for hydroxylation is 1. The summed E-state index contributed by atoms with van der Waals surface area (Å²) in [6.07, 6.45) is 1.53. The Bertz CT molecular complexity index is 1390. The predicted molar refractivity (Wildman–Crippen MR) is 125 cm³/mol. The minimum absolute atomic E-state index is 0.197. The molecule has 0 aliphatic carbocycles. The van der Waals surface area contributed by atoms with Gasteiger partial charge in [0.25, 0.3) is 5.56 Å². The van der Waals surface area contributed by atoms with E-state index in [1.807, 2.05) is 6.07 Å². The average Bonchev–Trinajstić information content (AvgIpc) is 2.82. The highest BCUT2D eigenvalue weighted by molar-refractivity contribution is 5.93. The molecule has 0 bridgehead atoms. The molecule has 0 spiro atoms. The lowest BCUT2D eigenvalue weighted by Crippen LogP contribution is -2.22. The standard InChI is InChI=1S/C23H22N6O4/c1-13(30)25-17-7-5-6-8-18(17)27-23-24-12-19-21(28-23)29(2)22(31)20(26-19)14-9-15(32-3)11-16(10-14)33-4/h5-12H,1-4H3,(H,25,30)(H,24,27,28). The number of benzene rings is 2. The van der Waals surface area contributed by atoms with Crippen molar-refractivity contribution < 1.29 is 14.3 Å². The molecule has 10 heteroatoms. The molecule has 10 nitrogen and oxygen atoms in total. The molecule has 0 saturated carbocycles. The zero-order valence-corrected chi connectivity index (χ0v) is 18.5. The second-order valence-electron chi connectivity index (χ2n) is 7.18. The van der Waals surface area contributed by atoms with Crippen LogP contribution < -0.4 is 25.7 Å². The van der Waals surface area contributed by atoms with Crippen LogP contribution in [0.1, 0.15) is 6.92 Å². The third-order valence-electron chi connectivity index (χ3n) is 4.92. The van der Waals surface area contributed by atoms with E-state index in [1.54, 1.807) is 43.4 Å². The Morgan fingerprint density at radius 3 is 2.30 bits per heavy atom. The molecule has 0 atom stereocenters. The minimum Gasteiger partial charge on any atom is -0.497 e. The molecule has 0 aliphatic rings. The van der Waals surface area contributed by atoms with Crippen LogP contribution in [0.15, 0.2) is 53.5 Å². The van der Waals surface area contributed by atoms with Gasteiger partial charge in [-0.2, -0.15) is 4.98 Å². The maximum absolute atomic E-state index is 13.1. The van der Waals surface area contributed by atoms with E-state index in [2.05, 4.69) is 25.6 Å². The van der Waals surface area contributed by atoms with E-state index in [9.17, 15) is 9.59 Å². The third-order valence-corrected chi connectivity index (χ3v) is 4.92. The molecule has 4 aromatic rings.